The van der Waals surface area contributed by atoms with E-state index in [0.29, 0.717) is 17.5 Å². The number of carbonyl (C=O) groups excluding carboxylic acids is 1. The van der Waals surface area contributed by atoms with Gasteiger partial charge in [0.2, 0.25) is 5.78 Å². The molecule has 1 aromatic carbocycles. The zero-order valence-corrected chi connectivity index (χ0v) is 15.8. The second kappa shape index (κ2) is 7.36. The molecule has 9 heteroatoms. The van der Waals surface area contributed by atoms with Crippen LogP contribution in [0.3, 0.4) is 0 Å². The van der Waals surface area contributed by atoms with Crippen molar-refractivity contribution in [3.05, 3.63) is 63.9 Å². The summed E-state index contributed by atoms with van der Waals surface area (Å²) in [5, 5.41) is 0.576. The Balaban J connectivity index is 2.09. The van der Waals surface area contributed by atoms with Crippen molar-refractivity contribution < 1.29 is 22.0 Å². The van der Waals surface area contributed by atoms with Crippen LogP contribution in [0.15, 0.2) is 30.6 Å². The number of hydrogen-bond acceptors (Lipinski definition) is 4. The molecule has 1 N–H and O–H groups in total. The van der Waals surface area contributed by atoms with Crippen molar-refractivity contribution in [1.29, 1.82) is 0 Å². The first-order valence-electron chi connectivity index (χ1n) is 8.08. The highest BCUT2D eigenvalue weighted by Gasteiger charge is 2.26. The average molecular weight is 413 g/mol. The third-order valence-electron chi connectivity index (χ3n) is 4.03. The quantitative estimate of drug-likeness (QED) is 0.619. The number of rotatable bonds is 6. The zero-order chi connectivity index (χ0) is 19.8. The fourth-order valence-electron chi connectivity index (χ4n) is 2.84. The van der Waals surface area contributed by atoms with E-state index in [4.69, 9.17) is 11.6 Å². The summed E-state index contributed by atoms with van der Waals surface area (Å²) in [4.78, 5) is 19.5. The van der Waals surface area contributed by atoms with Crippen LogP contribution in [0.5, 0.6) is 0 Å². The van der Waals surface area contributed by atoms with E-state index in [1.54, 1.807) is 6.92 Å². The number of benzene rings is 1. The van der Waals surface area contributed by atoms with E-state index >= 15 is 0 Å². The van der Waals surface area contributed by atoms with Crippen LogP contribution in [0.1, 0.15) is 34.8 Å². The van der Waals surface area contributed by atoms with Crippen LogP contribution in [-0.2, 0) is 15.6 Å². The Morgan fingerprint density at radius 3 is 2.74 bits per heavy atom. The Hall–Kier alpha value is -2.32. The molecule has 0 saturated carbocycles. The Bertz CT molecular complexity index is 1140. The number of hydrogen-bond donors (Lipinski definition) is 1. The number of aromatic amines is 1. The molecule has 27 heavy (non-hydrogen) atoms. The lowest BCUT2D eigenvalue weighted by Gasteiger charge is -2.09. The van der Waals surface area contributed by atoms with Gasteiger partial charge in [-0.2, -0.15) is 0 Å². The summed E-state index contributed by atoms with van der Waals surface area (Å²) in [5.41, 5.74) is -0.721. The van der Waals surface area contributed by atoms with Crippen molar-refractivity contribution in [2.75, 3.05) is 5.75 Å². The van der Waals surface area contributed by atoms with Crippen LogP contribution in [0.2, 0.25) is 5.02 Å². The number of sulfone groups is 1. The van der Waals surface area contributed by atoms with Crippen LogP contribution in [0, 0.1) is 11.6 Å². The summed E-state index contributed by atoms with van der Waals surface area (Å²) in [6.45, 7) is 1.68. The van der Waals surface area contributed by atoms with Crippen molar-refractivity contribution in [2.24, 2.45) is 0 Å². The molecule has 0 aliphatic heterocycles. The van der Waals surface area contributed by atoms with Gasteiger partial charge < -0.3 is 4.98 Å². The van der Waals surface area contributed by atoms with E-state index in [9.17, 15) is 22.0 Å². The predicted octanol–water partition coefficient (Wildman–Crippen LogP) is 4.05. The number of fused-ring (bicyclic) bond motifs is 1. The van der Waals surface area contributed by atoms with Gasteiger partial charge in [0.25, 0.3) is 0 Å². The lowest BCUT2D eigenvalue weighted by Crippen LogP contribution is -2.14. The first kappa shape index (κ1) is 19.4. The lowest BCUT2D eigenvalue weighted by molar-refractivity contribution is 0.103. The molecule has 0 aliphatic rings. The molecule has 0 atom stereocenters. The van der Waals surface area contributed by atoms with Gasteiger partial charge in [0.1, 0.15) is 17.3 Å². The predicted molar refractivity (Wildman–Crippen MR) is 98.7 cm³/mol. The number of pyridine rings is 1. The Kier molecular flexibility index (Phi) is 5.30. The molecule has 2 heterocycles. The first-order chi connectivity index (χ1) is 12.7. The Morgan fingerprint density at radius 2 is 2.04 bits per heavy atom. The minimum Gasteiger partial charge on any atom is -0.345 e. The van der Waals surface area contributed by atoms with Crippen LogP contribution in [0.4, 0.5) is 8.78 Å². The van der Waals surface area contributed by atoms with Crippen LogP contribution < -0.4 is 0 Å². The molecule has 0 aliphatic carbocycles. The van der Waals surface area contributed by atoms with E-state index in [0.717, 1.165) is 12.1 Å². The van der Waals surface area contributed by atoms with Gasteiger partial charge in [-0.3, -0.25) is 4.79 Å². The fraction of sp³-hybridized carbons (Fsp3) is 0.222. The maximum atomic E-state index is 14.8. The summed E-state index contributed by atoms with van der Waals surface area (Å²) in [6.07, 6.45) is 3.03. The van der Waals surface area contributed by atoms with Gasteiger partial charge in [0.15, 0.2) is 9.84 Å². The van der Waals surface area contributed by atoms with Gasteiger partial charge in [-0.1, -0.05) is 24.6 Å². The molecule has 5 nitrogen and oxygen atoms in total. The van der Waals surface area contributed by atoms with Crippen LogP contribution in [0.25, 0.3) is 11.0 Å². The molecule has 0 bridgehead atoms. The summed E-state index contributed by atoms with van der Waals surface area (Å²) in [5.74, 6) is -3.90. The second-order valence-corrected chi connectivity index (χ2v) is 8.69. The minimum absolute atomic E-state index is 0.00800. The number of aromatic nitrogens is 2. The minimum atomic E-state index is -3.56. The number of nitrogens with zero attached hydrogens (tertiary/aromatic N) is 1. The molecule has 142 valence electrons. The van der Waals surface area contributed by atoms with Gasteiger partial charge in [0.05, 0.1) is 22.1 Å². The van der Waals surface area contributed by atoms with E-state index in [2.05, 4.69) is 9.97 Å². The monoisotopic (exact) mass is 412 g/mol. The number of H-pyrrole nitrogens is 1. The van der Waals surface area contributed by atoms with Crippen molar-refractivity contribution in [2.45, 2.75) is 19.1 Å². The Morgan fingerprint density at radius 1 is 1.30 bits per heavy atom. The normalized spacial score (nSPS) is 11.9. The molecular formula is C18H15ClF2N2O3S. The molecule has 0 fully saturated rings. The van der Waals surface area contributed by atoms with E-state index in [-0.39, 0.29) is 21.9 Å². The Labute approximate surface area is 159 Å². The van der Waals surface area contributed by atoms with Crippen molar-refractivity contribution >= 4 is 38.3 Å². The van der Waals surface area contributed by atoms with Gasteiger partial charge in [-0.15, -0.1) is 0 Å². The van der Waals surface area contributed by atoms with Gasteiger partial charge in [0, 0.05) is 28.9 Å². The molecule has 0 unspecified atom stereocenters. The third kappa shape index (κ3) is 3.86. The second-order valence-electron chi connectivity index (χ2n) is 6.07. The SMILES string of the molecule is CCCS(=O)(=O)Cc1ccc(F)c(C(=O)c2c[nH]c3ncc(Cl)cc23)c1F. The average Bonchev–Trinajstić information content (AvgIpc) is 3.00. The highest BCUT2D eigenvalue weighted by atomic mass is 35.5. The fourth-order valence-corrected chi connectivity index (χ4v) is 4.46. The van der Waals surface area contributed by atoms with Gasteiger partial charge in [-0.25, -0.2) is 22.2 Å². The summed E-state index contributed by atoms with van der Waals surface area (Å²) < 4.78 is 53.1. The largest absolute Gasteiger partial charge is 0.345 e. The van der Waals surface area contributed by atoms with Gasteiger partial charge in [-0.05, 0) is 18.6 Å². The zero-order valence-electron chi connectivity index (χ0n) is 14.2. The molecule has 0 saturated heterocycles. The highest BCUT2D eigenvalue weighted by Crippen LogP contribution is 2.27. The number of carbonyl (C=O) groups is 1. The van der Waals surface area contributed by atoms with E-state index in [1.807, 2.05) is 0 Å². The van der Waals surface area contributed by atoms with Crippen molar-refractivity contribution in [3.8, 4) is 0 Å². The van der Waals surface area contributed by atoms with Gasteiger partial charge >= 0.3 is 0 Å². The molecule has 3 rings (SSSR count). The molecule has 0 radical (unpaired) electrons. The molecule has 3 aromatic rings. The maximum Gasteiger partial charge on any atom is 0.201 e. The first-order valence-corrected chi connectivity index (χ1v) is 10.3. The topological polar surface area (TPSA) is 79.9 Å². The molecular weight excluding hydrogens is 398 g/mol. The number of ketones is 1. The molecule has 0 spiro atoms. The van der Waals surface area contributed by atoms with Crippen molar-refractivity contribution in [1.82, 2.24) is 9.97 Å². The van der Waals surface area contributed by atoms with Crippen molar-refractivity contribution in [3.63, 3.8) is 0 Å². The molecule has 0 amide bonds. The number of nitrogens with one attached hydrogen (secondary N) is 1. The van der Waals surface area contributed by atoms with E-state index in [1.165, 1.54) is 18.5 Å². The third-order valence-corrected chi connectivity index (χ3v) is 6.02. The van der Waals surface area contributed by atoms with E-state index < -0.39 is 38.6 Å². The smallest absolute Gasteiger partial charge is 0.201 e. The molecule has 2 aromatic heterocycles. The number of halogens is 3. The summed E-state index contributed by atoms with van der Waals surface area (Å²) >= 11 is 5.89. The summed E-state index contributed by atoms with van der Waals surface area (Å²) in [7, 11) is -3.56. The van der Waals surface area contributed by atoms with Crippen LogP contribution >= 0.6 is 11.6 Å². The lowest BCUT2D eigenvalue weighted by atomic mass is 10.0. The maximum absolute atomic E-state index is 14.8. The highest BCUT2D eigenvalue weighted by molar-refractivity contribution is 7.90. The van der Waals surface area contributed by atoms with Crippen LogP contribution in [-0.4, -0.2) is 29.9 Å². The summed E-state index contributed by atoms with van der Waals surface area (Å²) in [6, 6.07) is 3.40. The standard InChI is InChI=1S/C18H15ClF2N2O3S/c1-2-5-27(25,26)9-10-3-4-14(20)15(16(10)21)17(24)13-8-23-18-12(13)6-11(19)7-22-18/h3-4,6-8H,2,5,9H2,1H3,(H,22,23).